The van der Waals surface area contributed by atoms with Crippen molar-refractivity contribution in [1.29, 1.82) is 5.26 Å². The van der Waals surface area contributed by atoms with Gasteiger partial charge in [0.15, 0.2) is 11.5 Å². The summed E-state index contributed by atoms with van der Waals surface area (Å²) in [5, 5.41) is 27.6. The third kappa shape index (κ3) is 5.18. The number of aromatic nitrogens is 3. The highest BCUT2D eigenvalue weighted by molar-refractivity contribution is 8.04. The van der Waals surface area contributed by atoms with E-state index in [0.717, 1.165) is 17.3 Å². The number of hydrogen-bond acceptors (Lipinski definition) is 8. The molecule has 2 aromatic carbocycles. The number of nitriles is 1. The van der Waals surface area contributed by atoms with Gasteiger partial charge in [-0.25, -0.2) is 4.98 Å². The zero-order valence-electron chi connectivity index (χ0n) is 16.2. The molecule has 152 valence electrons. The molecule has 0 aliphatic heterocycles. The summed E-state index contributed by atoms with van der Waals surface area (Å²) in [5.41, 5.74) is 1.87. The number of carboxylic acids is 1. The Morgan fingerprint density at radius 1 is 1.30 bits per heavy atom. The lowest BCUT2D eigenvalue weighted by atomic mass is 10.1. The molecule has 0 amide bonds. The second-order valence-corrected chi connectivity index (χ2v) is 7.08. The zero-order valence-corrected chi connectivity index (χ0v) is 17.0. The Morgan fingerprint density at radius 2 is 2.10 bits per heavy atom. The molecule has 0 aliphatic carbocycles. The highest BCUT2D eigenvalue weighted by Gasteiger charge is 2.10. The quantitative estimate of drug-likeness (QED) is 0.434. The Balaban J connectivity index is 1.80. The van der Waals surface area contributed by atoms with E-state index in [9.17, 15) is 15.2 Å². The highest BCUT2D eigenvalue weighted by Crippen LogP contribution is 2.31. The Morgan fingerprint density at radius 3 is 2.77 bits per heavy atom. The summed E-state index contributed by atoms with van der Waals surface area (Å²) in [6, 6.07) is 14.3. The highest BCUT2D eigenvalue weighted by atomic mass is 32.2. The first-order valence-corrected chi connectivity index (χ1v) is 9.60. The predicted molar refractivity (Wildman–Crippen MR) is 108 cm³/mol. The molecule has 1 N–H and O–H groups in total. The van der Waals surface area contributed by atoms with Crippen molar-refractivity contribution in [3.05, 3.63) is 69.9 Å². The van der Waals surface area contributed by atoms with Crippen molar-refractivity contribution in [2.45, 2.75) is 18.7 Å². The van der Waals surface area contributed by atoms with Crippen LogP contribution in [0.5, 0.6) is 11.5 Å². The number of nitrogens with one attached hydrogen (secondary N) is 1. The Hall–Kier alpha value is -3.77. The summed E-state index contributed by atoms with van der Waals surface area (Å²) in [6.07, 6.45) is 1.45. The average molecular weight is 421 g/mol. The molecule has 0 bridgehead atoms. The van der Waals surface area contributed by atoms with E-state index in [4.69, 9.17) is 9.47 Å². The average Bonchev–Trinajstić information content (AvgIpc) is 3.16. The van der Waals surface area contributed by atoms with Crippen LogP contribution in [-0.2, 0) is 11.4 Å². The smallest absolute Gasteiger partial charge is 0.213 e. The fourth-order valence-corrected chi connectivity index (χ4v) is 3.30. The van der Waals surface area contributed by atoms with Crippen LogP contribution in [0.1, 0.15) is 22.5 Å². The summed E-state index contributed by atoms with van der Waals surface area (Å²) in [6.45, 7) is 1.91. The van der Waals surface area contributed by atoms with Crippen molar-refractivity contribution in [1.82, 2.24) is 15.2 Å². The van der Waals surface area contributed by atoms with Gasteiger partial charge in [0.05, 0.1) is 24.7 Å². The number of carboxylic acid groups (broad SMARTS) is 1. The number of rotatable bonds is 8. The van der Waals surface area contributed by atoms with Crippen LogP contribution in [0, 0.1) is 18.3 Å². The Kier molecular flexibility index (Phi) is 6.72. The van der Waals surface area contributed by atoms with Crippen molar-refractivity contribution in [2.75, 3.05) is 7.11 Å². The molecule has 1 heterocycles. The van der Waals surface area contributed by atoms with Gasteiger partial charge in [0, 0.05) is 10.5 Å². The molecular formula is C21H17N4O4S-. The van der Waals surface area contributed by atoms with Gasteiger partial charge < -0.3 is 19.4 Å². The third-order valence-corrected chi connectivity index (χ3v) is 4.86. The van der Waals surface area contributed by atoms with E-state index >= 15 is 0 Å². The minimum atomic E-state index is -1.34. The zero-order chi connectivity index (χ0) is 21.5. The monoisotopic (exact) mass is 421 g/mol. The van der Waals surface area contributed by atoms with E-state index in [-0.39, 0.29) is 16.7 Å². The van der Waals surface area contributed by atoms with Crippen LogP contribution < -0.4 is 14.6 Å². The van der Waals surface area contributed by atoms with Gasteiger partial charge in [-0.1, -0.05) is 24.3 Å². The van der Waals surface area contributed by atoms with Crippen LogP contribution in [0.2, 0.25) is 0 Å². The number of benzene rings is 2. The molecular weight excluding hydrogens is 404 g/mol. The van der Waals surface area contributed by atoms with E-state index in [1.807, 2.05) is 12.1 Å². The first-order chi connectivity index (χ1) is 14.5. The van der Waals surface area contributed by atoms with E-state index in [1.54, 1.807) is 37.3 Å². The van der Waals surface area contributed by atoms with E-state index in [2.05, 4.69) is 21.3 Å². The van der Waals surface area contributed by atoms with Gasteiger partial charge in [-0.3, -0.25) is 5.10 Å². The van der Waals surface area contributed by atoms with Crippen LogP contribution in [0.25, 0.3) is 6.08 Å². The van der Waals surface area contributed by atoms with Crippen molar-refractivity contribution in [2.24, 2.45) is 0 Å². The molecule has 30 heavy (non-hydrogen) atoms. The van der Waals surface area contributed by atoms with Crippen LogP contribution in [0.4, 0.5) is 0 Å². The summed E-state index contributed by atoms with van der Waals surface area (Å²) in [5.74, 6) is 0.135. The minimum Gasteiger partial charge on any atom is -0.544 e. The normalized spacial score (nSPS) is 11.0. The minimum absolute atomic E-state index is 0.0485. The SMILES string of the molecule is COc1cc(/C=C(\Sc2n[nH]c(C)n2)C(=O)[O-])ccc1OCc1ccccc1C#N. The van der Waals surface area contributed by atoms with Gasteiger partial charge in [-0.2, -0.15) is 5.26 Å². The number of aromatic amines is 1. The summed E-state index contributed by atoms with van der Waals surface area (Å²) >= 11 is 0.885. The summed E-state index contributed by atoms with van der Waals surface area (Å²) in [4.78, 5) is 15.5. The summed E-state index contributed by atoms with van der Waals surface area (Å²) in [7, 11) is 1.49. The Bertz CT molecular complexity index is 1130. The maximum Gasteiger partial charge on any atom is 0.213 e. The molecule has 1 aromatic heterocycles. The lowest BCUT2D eigenvalue weighted by molar-refractivity contribution is -0.298. The van der Waals surface area contributed by atoms with E-state index in [0.29, 0.717) is 28.5 Å². The Labute approximate surface area is 177 Å². The molecule has 0 aliphatic rings. The van der Waals surface area contributed by atoms with Gasteiger partial charge in [0.1, 0.15) is 12.4 Å². The second kappa shape index (κ2) is 9.62. The standard InChI is InChI=1S/C21H18N4O4S/c1-13-23-21(25-24-13)30-19(20(26)27)10-14-7-8-17(18(9-14)28-2)29-12-16-6-4-3-5-15(16)11-22/h3-10H,12H2,1-2H3,(H,26,27)(H,23,24,25)/p-1/b19-10-. The van der Waals surface area contributed by atoms with Crippen LogP contribution in [0.3, 0.4) is 0 Å². The van der Waals surface area contributed by atoms with Gasteiger partial charge in [-0.05, 0) is 48.5 Å². The van der Waals surface area contributed by atoms with Crippen molar-refractivity contribution in [3.63, 3.8) is 0 Å². The number of carbonyl (C=O) groups is 1. The lowest BCUT2D eigenvalue weighted by Gasteiger charge is -2.13. The van der Waals surface area contributed by atoms with Gasteiger partial charge in [0.25, 0.3) is 0 Å². The van der Waals surface area contributed by atoms with Crippen molar-refractivity contribution in [3.8, 4) is 17.6 Å². The fourth-order valence-electron chi connectivity index (χ4n) is 2.55. The van der Waals surface area contributed by atoms with Crippen molar-refractivity contribution < 1.29 is 19.4 Å². The molecule has 0 saturated carbocycles. The molecule has 0 unspecified atom stereocenters. The number of aryl methyl sites for hydroxylation is 1. The van der Waals surface area contributed by atoms with Gasteiger partial charge in [-0.15, -0.1) is 5.10 Å². The molecule has 0 fully saturated rings. The van der Waals surface area contributed by atoms with Gasteiger partial charge >= 0.3 is 0 Å². The molecule has 9 heteroatoms. The number of H-pyrrole nitrogens is 1. The fraction of sp³-hybridized carbons (Fsp3) is 0.143. The molecule has 0 saturated heterocycles. The van der Waals surface area contributed by atoms with Crippen LogP contribution in [-0.4, -0.2) is 28.3 Å². The molecule has 3 rings (SSSR count). The van der Waals surface area contributed by atoms with E-state index in [1.165, 1.54) is 13.2 Å². The molecule has 0 radical (unpaired) electrons. The number of carbonyl (C=O) groups excluding carboxylic acids is 1. The first-order valence-electron chi connectivity index (χ1n) is 8.79. The first kappa shape index (κ1) is 21.0. The number of methoxy groups -OCH3 is 1. The number of thioether (sulfide) groups is 1. The lowest BCUT2D eigenvalue weighted by Crippen LogP contribution is -2.23. The van der Waals surface area contributed by atoms with Crippen LogP contribution in [0.15, 0.2) is 52.5 Å². The molecule has 8 nitrogen and oxygen atoms in total. The van der Waals surface area contributed by atoms with Crippen LogP contribution >= 0.6 is 11.8 Å². The number of aliphatic carboxylic acids is 1. The molecule has 3 aromatic rings. The molecule has 0 atom stereocenters. The number of ether oxygens (including phenoxy) is 2. The predicted octanol–water partition coefficient (Wildman–Crippen LogP) is 2.46. The maximum atomic E-state index is 11.5. The molecule has 0 spiro atoms. The van der Waals surface area contributed by atoms with E-state index < -0.39 is 5.97 Å². The largest absolute Gasteiger partial charge is 0.544 e. The third-order valence-electron chi connectivity index (χ3n) is 3.99. The van der Waals surface area contributed by atoms with Gasteiger partial charge in [0.2, 0.25) is 5.16 Å². The van der Waals surface area contributed by atoms with Crippen molar-refractivity contribution >= 4 is 23.8 Å². The number of nitrogens with zero attached hydrogens (tertiary/aromatic N) is 3. The summed E-state index contributed by atoms with van der Waals surface area (Å²) < 4.78 is 11.2. The second-order valence-electron chi connectivity index (χ2n) is 6.07. The number of hydrogen-bond donors (Lipinski definition) is 1. The topological polar surface area (TPSA) is 124 Å². The maximum absolute atomic E-state index is 11.5.